The van der Waals surface area contributed by atoms with Gasteiger partial charge in [-0.2, -0.15) is 0 Å². The molecule has 0 aliphatic heterocycles. The van der Waals surface area contributed by atoms with Crippen LogP contribution >= 0.6 is 0 Å². The first-order valence-electron chi connectivity index (χ1n) is 3.63. The maximum Gasteiger partial charge on any atom is 0.0285 e. The highest BCUT2D eigenvalue weighted by molar-refractivity contribution is 5.35. The maximum absolute atomic E-state index is 2.24. The minimum Gasteiger partial charge on any atom is -0.0831 e. The fraction of sp³-hybridized carbons (Fsp3) is 0.200. The molecule has 0 aromatic rings. The summed E-state index contributed by atoms with van der Waals surface area (Å²) in [4.78, 5) is 0. The van der Waals surface area contributed by atoms with Crippen LogP contribution in [0, 0.1) is 5.41 Å². The lowest BCUT2D eigenvalue weighted by Crippen LogP contribution is -2.09. The van der Waals surface area contributed by atoms with Crippen molar-refractivity contribution in [3.63, 3.8) is 0 Å². The van der Waals surface area contributed by atoms with E-state index in [9.17, 15) is 0 Å². The van der Waals surface area contributed by atoms with Gasteiger partial charge in [0.1, 0.15) is 0 Å². The second-order valence-corrected chi connectivity index (χ2v) is 2.82. The van der Waals surface area contributed by atoms with Crippen LogP contribution in [0.25, 0.3) is 0 Å². The van der Waals surface area contributed by atoms with E-state index in [1.807, 2.05) is 0 Å². The second-order valence-electron chi connectivity index (χ2n) is 2.82. The van der Waals surface area contributed by atoms with Gasteiger partial charge in [-0.15, -0.1) is 0 Å². The van der Waals surface area contributed by atoms with Crippen molar-refractivity contribution in [2.75, 3.05) is 0 Å². The van der Waals surface area contributed by atoms with Gasteiger partial charge >= 0.3 is 0 Å². The van der Waals surface area contributed by atoms with Crippen LogP contribution in [0.1, 0.15) is 6.42 Å². The fourth-order valence-corrected chi connectivity index (χ4v) is 1.43. The van der Waals surface area contributed by atoms with Gasteiger partial charge in [0.25, 0.3) is 0 Å². The summed E-state index contributed by atoms with van der Waals surface area (Å²) in [6, 6.07) is 0. The fourth-order valence-electron chi connectivity index (χ4n) is 1.43. The normalized spacial score (nSPS) is 24.8. The minimum absolute atomic E-state index is 0.245. The molecular weight excluding hydrogens is 120 g/mol. The van der Waals surface area contributed by atoms with E-state index in [0.717, 1.165) is 6.42 Å². The van der Waals surface area contributed by atoms with Gasteiger partial charge in [-0.25, -0.2) is 0 Å². The average molecular weight is 130 g/mol. The molecule has 0 saturated heterocycles. The van der Waals surface area contributed by atoms with Crippen LogP contribution < -0.4 is 0 Å². The molecule has 0 radical (unpaired) electrons. The Bertz CT molecular complexity index is 227. The molecule has 0 nitrogen and oxygen atoms in total. The van der Waals surface area contributed by atoms with Crippen LogP contribution in [-0.4, -0.2) is 0 Å². The lowest BCUT2D eigenvalue weighted by Gasteiger charge is -2.20. The summed E-state index contributed by atoms with van der Waals surface area (Å²) in [5, 5.41) is 0. The first kappa shape index (κ1) is 5.72. The third-order valence-corrected chi connectivity index (χ3v) is 2.05. The van der Waals surface area contributed by atoms with Crippen molar-refractivity contribution in [3.8, 4) is 0 Å². The predicted octanol–water partition coefficient (Wildman–Crippen LogP) is 2.61. The number of hydrogen-bond acceptors (Lipinski definition) is 0. The van der Waals surface area contributed by atoms with Gasteiger partial charge in [-0.3, -0.25) is 0 Å². The van der Waals surface area contributed by atoms with Crippen molar-refractivity contribution >= 4 is 0 Å². The smallest absolute Gasteiger partial charge is 0.0285 e. The van der Waals surface area contributed by atoms with E-state index in [0.29, 0.717) is 0 Å². The molecule has 0 aromatic carbocycles. The van der Waals surface area contributed by atoms with Crippen LogP contribution in [0.2, 0.25) is 0 Å². The lowest BCUT2D eigenvalue weighted by atomic mass is 9.83. The molecule has 50 valence electrons. The summed E-state index contributed by atoms with van der Waals surface area (Å²) in [6.45, 7) is 0. The number of allylic oxidation sites excluding steroid dienone is 8. The van der Waals surface area contributed by atoms with Crippen molar-refractivity contribution in [2.24, 2.45) is 5.41 Å². The Hall–Kier alpha value is -1.04. The maximum atomic E-state index is 2.24. The molecule has 0 amide bonds. The molecule has 0 bridgehead atoms. The van der Waals surface area contributed by atoms with Crippen molar-refractivity contribution in [1.29, 1.82) is 0 Å². The van der Waals surface area contributed by atoms with E-state index in [1.54, 1.807) is 0 Å². The zero-order chi connectivity index (χ0) is 6.86. The van der Waals surface area contributed by atoms with Gasteiger partial charge in [0.05, 0.1) is 0 Å². The first-order valence-corrected chi connectivity index (χ1v) is 3.63. The molecular formula is C10H10. The highest BCUT2D eigenvalue weighted by Crippen LogP contribution is 2.33. The summed E-state index contributed by atoms with van der Waals surface area (Å²) in [5.74, 6) is 0. The van der Waals surface area contributed by atoms with E-state index in [4.69, 9.17) is 0 Å². The van der Waals surface area contributed by atoms with E-state index in [2.05, 4.69) is 48.6 Å². The van der Waals surface area contributed by atoms with Crippen molar-refractivity contribution in [3.05, 3.63) is 48.6 Å². The largest absolute Gasteiger partial charge is 0.0831 e. The van der Waals surface area contributed by atoms with E-state index >= 15 is 0 Å². The summed E-state index contributed by atoms with van der Waals surface area (Å²) in [7, 11) is 0. The van der Waals surface area contributed by atoms with Crippen molar-refractivity contribution in [1.82, 2.24) is 0 Å². The van der Waals surface area contributed by atoms with E-state index in [-0.39, 0.29) is 5.41 Å². The molecule has 0 heteroatoms. The van der Waals surface area contributed by atoms with Gasteiger partial charge in [0.15, 0.2) is 0 Å². The molecule has 0 aromatic heterocycles. The standard InChI is InChI=1S/C10H10/c1-2-6-10(7-3-1)8-4-5-9-10/h1-6,8-9H,7H2. The van der Waals surface area contributed by atoms with E-state index in [1.165, 1.54) is 0 Å². The molecule has 0 heterocycles. The average Bonchev–Trinajstić information content (AvgIpc) is 2.39. The Balaban J connectivity index is 2.32. The molecule has 10 heavy (non-hydrogen) atoms. The number of hydrogen-bond donors (Lipinski definition) is 0. The SMILES string of the molecule is C1=CCC2(C=C1)C=CC=C2. The molecule has 2 aliphatic carbocycles. The van der Waals surface area contributed by atoms with Crippen molar-refractivity contribution < 1.29 is 0 Å². The second kappa shape index (κ2) is 1.98. The summed E-state index contributed by atoms with van der Waals surface area (Å²) in [6.07, 6.45) is 18.5. The summed E-state index contributed by atoms with van der Waals surface area (Å²) in [5.41, 5.74) is 0.245. The third kappa shape index (κ3) is 0.766. The van der Waals surface area contributed by atoms with Gasteiger partial charge in [0, 0.05) is 5.41 Å². The monoisotopic (exact) mass is 130 g/mol. The molecule has 0 fully saturated rings. The van der Waals surface area contributed by atoms with Gasteiger partial charge < -0.3 is 0 Å². The third-order valence-electron chi connectivity index (χ3n) is 2.05. The molecule has 0 unspecified atom stereocenters. The van der Waals surface area contributed by atoms with Crippen LogP contribution in [-0.2, 0) is 0 Å². The number of rotatable bonds is 0. The highest BCUT2D eigenvalue weighted by Gasteiger charge is 2.21. The van der Waals surface area contributed by atoms with Crippen LogP contribution in [0.15, 0.2) is 48.6 Å². The quantitative estimate of drug-likeness (QED) is 0.473. The molecule has 0 N–H and O–H groups in total. The molecule has 0 saturated carbocycles. The van der Waals surface area contributed by atoms with Gasteiger partial charge in [-0.05, 0) is 6.42 Å². The van der Waals surface area contributed by atoms with Crippen LogP contribution in [0.5, 0.6) is 0 Å². The summed E-state index contributed by atoms with van der Waals surface area (Å²) >= 11 is 0. The van der Waals surface area contributed by atoms with Crippen LogP contribution in [0.3, 0.4) is 0 Å². The summed E-state index contributed by atoms with van der Waals surface area (Å²) < 4.78 is 0. The zero-order valence-electron chi connectivity index (χ0n) is 5.83. The van der Waals surface area contributed by atoms with Gasteiger partial charge in [-0.1, -0.05) is 48.6 Å². The Labute approximate surface area is 61.3 Å². The Morgan fingerprint density at radius 3 is 1.90 bits per heavy atom. The Morgan fingerprint density at radius 2 is 1.40 bits per heavy atom. The van der Waals surface area contributed by atoms with Crippen molar-refractivity contribution in [2.45, 2.75) is 6.42 Å². The Morgan fingerprint density at radius 1 is 0.800 bits per heavy atom. The molecule has 2 aliphatic rings. The molecule has 1 spiro atoms. The molecule has 0 atom stereocenters. The topological polar surface area (TPSA) is 0 Å². The van der Waals surface area contributed by atoms with E-state index < -0.39 is 0 Å². The molecule has 2 rings (SSSR count). The predicted molar refractivity (Wildman–Crippen MR) is 43.6 cm³/mol. The van der Waals surface area contributed by atoms with Gasteiger partial charge in [0.2, 0.25) is 0 Å². The minimum atomic E-state index is 0.245. The first-order chi connectivity index (χ1) is 4.91. The van der Waals surface area contributed by atoms with Crippen LogP contribution in [0.4, 0.5) is 0 Å². The zero-order valence-corrected chi connectivity index (χ0v) is 5.83. The Kier molecular flexibility index (Phi) is 1.13. The highest BCUT2D eigenvalue weighted by atomic mass is 14.2. The lowest BCUT2D eigenvalue weighted by molar-refractivity contribution is 0.644.